The molecule has 1 saturated heterocycles. The molecular formula is C8H18N2O2. The number of aliphatic hydroxyl groups excluding tert-OH is 1. The van der Waals surface area contributed by atoms with Crippen LogP contribution < -0.4 is 5.32 Å². The van der Waals surface area contributed by atoms with Gasteiger partial charge in [-0.05, 0) is 6.92 Å². The Morgan fingerprint density at radius 2 is 2.17 bits per heavy atom. The van der Waals surface area contributed by atoms with E-state index < -0.39 is 6.23 Å². The molecule has 0 aromatic carbocycles. The van der Waals surface area contributed by atoms with Gasteiger partial charge in [0.1, 0.15) is 6.23 Å². The van der Waals surface area contributed by atoms with Gasteiger partial charge in [-0.1, -0.05) is 0 Å². The van der Waals surface area contributed by atoms with E-state index in [1.54, 1.807) is 6.92 Å². The summed E-state index contributed by atoms with van der Waals surface area (Å²) in [6.45, 7) is 7.29. The average molecular weight is 174 g/mol. The molecule has 12 heavy (non-hydrogen) atoms. The standard InChI is InChI=1S/C8H18N2O2/c1-8(11)9-2-3-10-4-6-12-7-5-10/h8-9,11H,2-7H2,1H3. The molecule has 1 atom stereocenters. The maximum Gasteiger partial charge on any atom is 0.102 e. The molecule has 0 aromatic rings. The summed E-state index contributed by atoms with van der Waals surface area (Å²) in [4.78, 5) is 2.33. The van der Waals surface area contributed by atoms with E-state index in [2.05, 4.69) is 10.2 Å². The SMILES string of the molecule is CC(O)NCCN1CCOCC1. The topological polar surface area (TPSA) is 44.7 Å². The molecule has 1 rings (SSSR count). The number of ether oxygens (including phenoxy) is 1. The van der Waals surface area contributed by atoms with Gasteiger partial charge < -0.3 is 9.84 Å². The Morgan fingerprint density at radius 1 is 1.50 bits per heavy atom. The number of rotatable bonds is 4. The third-order valence-corrected chi connectivity index (χ3v) is 1.97. The van der Waals surface area contributed by atoms with Crippen LogP contribution in [0.4, 0.5) is 0 Å². The Balaban J connectivity index is 1.98. The van der Waals surface area contributed by atoms with Crippen molar-refractivity contribution >= 4 is 0 Å². The van der Waals surface area contributed by atoms with Crippen molar-refractivity contribution < 1.29 is 9.84 Å². The predicted octanol–water partition coefficient (Wildman–Crippen LogP) is -0.753. The Labute approximate surface area is 73.5 Å². The first kappa shape index (κ1) is 9.92. The second-order valence-electron chi connectivity index (χ2n) is 3.08. The molecule has 1 aliphatic rings. The van der Waals surface area contributed by atoms with E-state index in [0.29, 0.717) is 0 Å². The lowest BCUT2D eigenvalue weighted by Crippen LogP contribution is -2.41. The van der Waals surface area contributed by atoms with Gasteiger partial charge in [0.15, 0.2) is 0 Å². The van der Waals surface area contributed by atoms with Crippen LogP contribution in [-0.4, -0.2) is 55.6 Å². The van der Waals surface area contributed by atoms with Gasteiger partial charge in [0.2, 0.25) is 0 Å². The van der Waals surface area contributed by atoms with Crippen molar-refractivity contribution in [1.29, 1.82) is 0 Å². The second-order valence-corrected chi connectivity index (χ2v) is 3.08. The van der Waals surface area contributed by atoms with E-state index >= 15 is 0 Å². The number of hydrogen-bond acceptors (Lipinski definition) is 4. The van der Waals surface area contributed by atoms with Gasteiger partial charge in [-0.3, -0.25) is 10.2 Å². The van der Waals surface area contributed by atoms with Crippen LogP contribution in [0.25, 0.3) is 0 Å². The Morgan fingerprint density at radius 3 is 2.75 bits per heavy atom. The lowest BCUT2D eigenvalue weighted by Gasteiger charge is -2.26. The molecule has 1 aliphatic heterocycles. The minimum atomic E-state index is -0.397. The molecule has 1 unspecified atom stereocenters. The molecule has 72 valence electrons. The predicted molar refractivity (Wildman–Crippen MR) is 46.9 cm³/mol. The highest BCUT2D eigenvalue weighted by Crippen LogP contribution is 1.94. The Hall–Kier alpha value is -0.160. The summed E-state index contributed by atoms with van der Waals surface area (Å²) in [6, 6.07) is 0. The molecule has 2 N–H and O–H groups in total. The van der Waals surface area contributed by atoms with Crippen LogP contribution in [-0.2, 0) is 4.74 Å². The summed E-state index contributed by atoms with van der Waals surface area (Å²) in [6.07, 6.45) is -0.397. The number of aliphatic hydroxyl groups is 1. The zero-order valence-electron chi connectivity index (χ0n) is 7.62. The highest BCUT2D eigenvalue weighted by Gasteiger charge is 2.08. The molecular weight excluding hydrogens is 156 g/mol. The Bertz CT molecular complexity index is 114. The van der Waals surface area contributed by atoms with Crippen molar-refractivity contribution in [3.63, 3.8) is 0 Å². The van der Waals surface area contributed by atoms with E-state index in [9.17, 15) is 0 Å². The van der Waals surface area contributed by atoms with Gasteiger partial charge in [-0.25, -0.2) is 0 Å². The van der Waals surface area contributed by atoms with Crippen molar-refractivity contribution in [2.45, 2.75) is 13.2 Å². The highest BCUT2D eigenvalue weighted by molar-refractivity contribution is 4.62. The number of nitrogens with zero attached hydrogens (tertiary/aromatic N) is 1. The van der Waals surface area contributed by atoms with Crippen molar-refractivity contribution in [3.8, 4) is 0 Å². The first-order chi connectivity index (χ1) is 5.79. The molecule has 0 bridgehead atoms. The first-order valence-electron chi connectivity index (χ1n) is 4.50. The number of hydrogen-bond donors (Lipinski definition) is 2. The zero-order valence-corrected chi connectivity index (χ0v) is 7.62. The fourth-order valence-electron chi connectivity index (χ4n) is 1.26. The first-order valence-corrected chi connectivity index (χ1v) is 4.50. The van der Waals surface area contributed by atoms with Crippen LogP contribution in [0.2, 0.25) is 0 Å². The molecule has 0 aromatic heterocycles. The van der Waals surface area contributed by atoms with E-state index in [1.807, 2.05) is 0 Å². The van der Waals surface area contributed by atoms with E-state index in [-0.39, 0.29) is 0 Å². The van der Waals surface area contributed by atoms with Gasteiger partial charge in [0, 0.05) is 26.2 Å². The minimum absolute atomic E-state index is 0.397. The van der Waals surface area contributed by atoms with Crippen molar-refractivity contribution in [2.24, 2.45) is 0 Å². The van der Waals surface area contributed by atoms with Crippen LogP contribution in [0.15, 0.2) is 0 Å². The smallest absolute Gasteiger partial charge is 0.102 e. The molecule has 1 heterocycles. The lowest BCUT2D eigenvalue weighted by molar-refractivity contribution is 0.0362. The molecule has 1 fully saturated rings. The van der Waals surface area contributed by atoms with E-state index in [0.717, 1.165) is 39.4 Å². The third kappa shape index (κ3) is 4.01. The summed E-state index contributed by atoms with van der Waals surface area (Å²) >= 11 is 0. The van der Waals surface area contributed by atoms with Crippen molar-refractivity contribution in [2.75, 3.05) is 39.4 Å². The van der Waals surface area contributed by atoms with Crippen LogP contribution in [0, 0.1) is 0 Å². The quantitative estimate of drug-likeness (QED) is 0.550. The van der Waals surface area contributed by atoms with Crippen molar-refractivity contribution in [1.82, 2.24) is 10.2 Å². The molecule has 0 spiro atoms. The fraction of sp³-hybridized carbons (Fsp3) is 1.00. The lowest BCUT2D eigenvalue weighted by atomic mass is 10.4. The summed E-state index contributed by atoms with van der Waals surface area (Å²) in [5, 5.41) is 11.9. The van der Waals surface area contributed by atoms with Gasteiger partial charge in [-0.15, -0.1) is 0 Å². The minimum Gasteiger partial charge on any atom is -0.379 e. The summed E-state index contributed by atoms with van der Waals surface area (Å²) < 4.78 is 5.22. The molecule has 0 amide bonds. The van der Waals surface area contributed by atoms with Gasteiger partial charge in [0.25, 0.3) is 0 Å². The van der Waals surface area contributed by atoms with Crippen LogP contribution in [0.5, 0.6) is 0 Å². The molecule has 0 radical (unpaired) electrons. The molecule has 4 nitrogen and oxygen atoms in total. The third-order valence-electron chi connectivity index (χ3n) is 1.97. The maximum atomic E-state index is 8.93. The average Bonchev–Trinajstić information content (AvgIpc) is 2.05. The number of nitrogens with one attached hydrogen (secondary N) is 1. The monoisotopic (exact) mass is 174 g/mol. The van der Waals surface area contributed by atoms with Gasteiger partial charge in [-0.2, -0.15) is 0 Å². The fourth-order valence-corrected chi connectivity index (χ4v) is 1.26. The van der Waals surface area contributed by atoms with Crippen LogP contribution >= 0.6 is 0 Å². The molecule has 0 aliphatic carbocycles. The highest BCUT2D eigenvalue weighted by atomic mass is 16.5. The van der Waals surface area contributed by atoms with E-state index in [1.165, 1.54) is 0 Å². The normalized spacial score (nSPS) is 22.5. The Kier molecular flexibility index (Phi) is 4.53. The second kappa shape index (κ2) is 5.48. The molecule has 4 heteroatoms. The van der Waals surface area contributed by atoms with Gasteiger partial charge in [0.05, 0.1) is 13.2 Å². The number of morpholine rings is 1. The van der Waals surface area contributed by atoms with E-state index in [4.69, 9.17) is 9.84 Å². The zero-order chi connectivity index (χ0) is 8.81. The summed E-state index contributed by atoms with van der Waals surface area (Å²) in [7, 11) is 0. The largest absolute Gasteiger partial charge is 0.379 e. The van der Waals surface area contributed by atoms with Crippen LogP contribution in [0.1, 0.15) is 6.92 Å². The summed E-state index contributed by atoms with van der Waals surface area (Å²) in [5.74, 6) is 0. The molecule has 0 saturated carbocycles. The van der Waals surface area contributed by atoms with Crippen molar-refractivity contribution in [3.05, 3.63) is 0 Å². The summed E-state index contributed by atoms with van der Waals surface area (Å²) in [5.41, 5.74) is 0. The van der Waals surface area contributed by atoms with Gasteiger partial charge >= 0.3 is 0 Å². The maximum absolute atomic E-state index is 8.93. The van der Waals surface area contributed by atoms with Crippen LogP contribution in [0.3, 0.4) is 0 Å².